The first kappa shape index (κ1) is 25.0. The zero-order chi connectivity index (χ0) is 25.0. The predicted molar refractivity (Wildman–Crippen MR) is 140 cm³/mol. The van der Waals surface area contributed by atoms with Crippen molar-refractivity contribution in [1.82, 2.24) is 20.2 Å². The van der Waals surface area contributed by atoms with Crippen LogP contribution < -0.4 is 15.0 Å². The lowest BCUT2D eigenvalue weighted by Crippen LogP contribution is -2.54. The Hall–Kier alpha value is -2.71. The number of nitrogens with one attached hydrogen (secondary N) is 1. The average Bonchev–Trinajstić information content (AvgIpc) is 3.17. The molecule has 6 rings (SSSR count). The van der Waals surface area contributed by atoms with Crippen LogP contribution >= 0.6 is 0 Å². The number of nitrogens with zero attached hydrogens (tertiary/aromatic N) is 4. The number of methoxy groups -OCH3 is 1. The lowest BCUT2D eigenvalue weighted by Gasteiger charge is -2.39. The molecule has 0 aliphatic carbocycles. The van der Waals surface area contributed by atoms with Crippen LogP contribution in [0.5, 0.6) is 5.75 Å². The number of anilines is 1. The van der Waals surface area contributed by atoms with Crippen molar-refractivity contribution in [3.8, 4) is 17.0 Å². The molecule has 1 unspecified atom stereocenters. The number of piperidine rings is 2. The molecule has 194 valence electrons. The second-order valence-corrected chi connectivity index (χ2v) is 10.6. The Bertz CT molecular complexity index is 1020. The van der Waals surface area contributed by atoms with Crippen LogP contribution in [-0.2, 0) is 9.53 Å². The summed E-state index contributed by atoms with van der Waals surface area (Å²) < 4.78 is 10.7. The van der Waals surface area contributed by atoms with Gasteiger partial charge in [-0.05, 0) is 88.4 Å². The van der Waals surface area contributed by atoms with Crippen LogP contribution in [0, 0.1) is 11.8 Å². The quantitative estimate of drug-likeness (QED) is 0.565. The maximum Gasteiger partial charge on any atom is 0.225 e. The fraction of sp³-hybridized carbons (Fsp3) is 0.607. The molecule has 4 aliphatic rings. The van der Waals surface area contributed by atoms with Gasteiger partial charge in [0.1, 0.15) is 12.4 Å². The van der Waals surface area contributed by atoms with Crippen LogP contribution in [0.1, 0.15) is 39.0 Å². The van der Waals surface area contributed by atoms with E-state index in [2.05, 4.69) is 27.0 Å². The van der Waals surface area contributed by atoms with Gasteiger partial charge in [0.05, 0.1) is 12.3 Å². The number of hydrogen-bond acceptors (Lipinski definition) is 7. The van der Waals surface area contributed by atoms with E-state index in [0.717, 1.165) is 61.9 Å². The molecule has 1 aromatic heterocycles. The second kappa shape index (κ2) is 11.1. The Labute approximate surface area is 214 Å². The lowest BCUT2D eigenvalue weighted by atomic mass is 9.78. The normalized spacial score (nSPS) is 26.4. The van der Waals surface area contributed by atoms with Crippen LogP contribution in [0.25, 0.3) is 11.3 Å². The van der Waals surface area contributed by atoms with Crippen molar-refractivity contribution >= 4 is 11.9 Å². The smallest absolute Gasteiger partial charge is 0.225 e. The average molecular weight is 494 g/mol. The first-order chi connectivity index (χ1) is 17.5. The zero-order valence-electron chi connectivity index (χ0n) is 21.6. The molecule has 8 heteroatoms. The molecular weight excluding hydrogens is 454 g/mol. The molecule has 5 heterocycles. The van der Waals surface area contributed by atoms with Gasteiger partial charge in [-0.25, -0.2) is 9.97 Å². The Balaban J connectivity index is 1.16. The van der Waals surface area contributed by atoms with E-state index in [4.69, 9.17) is 14.5 Å². The molecule has 4 fully saturated rings. The first-order valence-corrected chi connectivity index (χ1v) is 13.4. The number of fused-ring (bicyclic) bond motifs is 4. The molecule has 36 heavy (non-hydrogen) atoms. The highest BCUT2D eigenvalue weighted by molar-refractivity contribution is 5.79. The van der Waals surface area contributed by atoms with Gasteiger partial charge in [-0.15, -0.1) is 0 Å². The summed E-state index contributed by atoms with van der Waals surface area (Å²) in [6.07, 6.45) is 6.94. The molecular formula is C28H39N5O3. The Morgan fingerprint density at radius 3 is 2.50 bits per heavy atom. The van der Waals surface area contributed by atoms with Crippen LogP contribution in [0.4, 0.5) is 5.95 Å². The Morgan fingerprint density at radius 1 is 1.03 bits per heavy atom. The van der Waals surface area contributed by atoms with Crippen LogP contribution in [0.2, 0.25) is 0 Å². The Kier molecular flexibility index (Phi) is 7.72. The van der Waals surface area contributed by atoms with E-state index < -0.39 is 0 Å². The summed E-state index contributed by atoms with van der Waals surface area (Å²) in [5.41, 5.74) is 1.84. The monoisotopic (exact) mass is 493 g/mol. The molecule has 2 aromatic rings. The van der Waals surface area contributed by atoms with E-state index in [9.17, 15) is 4.79 Å². The highest BCUT2D eigenvalue weighted by Gasteiger charge is 2.42. The maximum absolute atomic E-state index is 13.3. The zero-order valence-corrected chi connectivity index (χ0v) is 21.6. The molecule has 1 amide bonds. The fourth-order valence-corrected chi connectivity index (χ4v) is 5.90. The minimum Gasteiger partial charge on any atom is -0.491 e. The van der Waals surface area contributed by atoms with E-state index in [1.807, 2.05) is 36.5 Å². The molecule has 4 aliphatic heterocycles. The second-order valence-electron chi connectivity index (χ2n) is 10.6. The summed E-state index contributed by atoms with van der Waals surface area (Å²) in [4.78, 5) is 27.4. The van der Waals surface area contributed by atoms with Crippen molar-refractivity contribution < 1.29 is 14.3 Å². The maximum atomic E-state index is 13.3. The third-order valence-corrected chi connectivity index (χ3v) is 8.34. The number of carbonyl (C=O) groups excluding carboxylic acids is 1. The van der Waals surface area contributed by atoms with Gasteiger partial charge in [0.2, 0.25) is 11.9 Å². The topological polar surface area (TPSA) is 79.8 Å². The van der Waals surface area contributed by atoms with Gasteiger partial charge in [0.15, 0.2) is 0 Å². The third kappa shape index (κ3) is 5.65. The summed E-state index contributed by atoms with van der Waals surface area (Å²) in [6.45, 7) is 8.41. The van der Waals surface area contributed by atoms with Crippen molar-refractivity contribution in [3.63, 3.8) is 0 Å². The Morgan fingerprint density at radius 2 is 1.78 bits per heavy atom. The number of aromatic nitrogens is 2. The standard InChI is InChI=1S/C28H39N5O3/c1-28(12-18-32-14-10-23(28)11-15-32)31-26(34)22-8-16-33(17-9-22)27-29-13-7-25(30-27)21-3-5-24(6-4-21)36-20-19-35-2/h3-7,13,22-23H,8-12,14-20H2,1-2H3,(H,31,34). The van der Waals surface area contributed by atoms with Crippen LogP contribution in [0.3, 0.4) is 0 Å². The molecule has 4 saturated heterocycles. The summed E-state index contributed by atoms with van der Waals surface area (Å²) >= 11 is 0. The molecule has 2 bridgehead atoms. The van der Waals surface area contributed by atoms with Crippen molar-refractivity contribution in [2.24, 2.45) is 11.8 Å². The van der Waals surface area contributed by atoms with Gasteiger partial charge in [-0.2, -0.15) is 0 Å². The minimum absolute atomic E-state index is 0.0627. The summed E-state index contributed by atoms with van der Waals surface area (Å²) in [5, 5.41) is 3.51. The molecule has 0 radical (unpaired) electrons. The summed E-state index contributed by atoms with van der Waals surface area (Å²) in [7, 11) is 1.66. The first-order valence-electron chi connectivity index (χ1n) is 13.4. The van der Waals surface area contributed by atoms with E-state index in [1.54, 1.807) is 7.11 Å². The van der Waals surface area contributed by atoms with Crippen molar-refractivity contribution in [1.29, 1.82) is 0 Å². The SMILES string of the molecule is COCCOc1ccc(-c2ccnc(N3CCC(C(=O)NC4(C)CCN5CCC4CC5)CC3)n2)cc1. The molecule has 1 atom stereocenters. The van der Waals surface area contributed by atoms with Gasteiger partial charge in [-0.1, -0.05) is 0 Å². The number of hydrogen-bond donors (Lipinski definition) is 1. The fourth-order valence-electron chi connectivity index (χ4n) is 5.90. The summed E-state index contributed by atoms with van der Waals surface area (Å²) in [6, 6.07) is 9.87. The third-order valence-electron chi connectivity index (χ3n) is 8.34. The van der Waals surface area contributed by atoms with Gasteiger partial charge in [-0.3, -0.25) is 4.79 Å². The lowest BCUT2D eigenvalue weighted by molar-refractivity contribution is -0.128. The number of benzene rings is 1. The van der Waals surface area contributed by atoms with E-state index in [-0.39, 0.29) is 17.4 Å². The number of amides is 1. The largest absolute Gasteiger partial charge is 0.491 e. The van der Waals surface area contributed by atoms with Gasteiger partial charge < -0.3 is 24.6 Å². The van der Waals surface area contributed by atoms with Crippen molar-refractivity contribution in [2.45, 2.75) is 44.6 Å². The molecule has 0 spiro atoms. The van der Waals surface area contributed by atoms with Gasteiger partial charge >= 0.3 is 0 Å². The van der Waals surface area contributed by atoms with Gasteiger partial charge in [0, 0.05) is 50.0 Å². The predicted octanol–water partition coefficient (Wildman–Crippen LogP) is 3.38. The number of rotatable bonds is 8. The van der Waals surface area contributed by atoms with Crippen molar-refractivity contribution in [2.75, 3.05) is 57.9 Å². The van der Waals surface area contributed by atoms with Crippen LogP contribution in [0.15, 0.2) is 36.5 Å². The van der Waals surface area contributed by atoms with Crippen LogP contribution in [-0.4, -0.2) is 79.4 Å². The molecule has 8 nitrogen and oxygen atoms in total. The minimum atomic E-state index is -0.0682. The molecule has 0 saturated carbocycles. The molecule has 1 N–H and O–H groups in total. The van der Waals surface area contributed by atoms with Crippen molar-refractivity contribution in [3.05, 3.63) is 36.5 Å². The van der Waals surface area contributed by atoms with Gasteiger partial charge in [0.25, 0.3) is 0 Å². The molecule has 1 aromatic carbocycles. The van der Waals surface area contributed by atoms with E-state index >= 15 is 0 Å². The highest BCUT2D eigenvalue weighted by Crippen LogP contribution is 2.36. The highest BCUT2D eigenvalue weighted by atomic mass is 16.5. The van der Waals surface area contributed by atoms with E-state index in [1.165, 1.54) is 25.9 Å². The number of ether oxygens (including phenoxy) is 2. The number of carbonyl (C=O) groups is 1. The van der Waals surface area contributed by atoms with E-state index in [0.29, 0.717) is 19.1 Å². The summed E-state index contributed by atoms with van der Waals surface area (Å²) in [5.74, 6) is 2.44.